The predicted octanol–water partition coefficient (Wildman–Crippen LogP) is 0.939. The fourth-order valence-electron chi connectivity index (χ4n) is 2.45. The van der Waals surface area contributed by atoms with E-state index in [1.54, 1.807) is 0 Å². The van der Waals surface area contributed by atoms with E-state index < -0.39 is 0 Å². The maximum atomic E-state index is 11.8. The van der Waals surface area contributed by atoms with Crippen LogP contribution in [0.2, 0.25) is 0 Å². The maximum Gasteiger partial charge on any atom is 0.221 e. The average Bonchev–Trinajstić information content (AvgIpc) is 3.39. The van der Waals surface area contributed by atoms with Crippen LogP contribution in [-0.2, 0) is 9.53 Å². The molecule has 0 bridgehead atoms. The highest BCUT2D eigenvalue weighted by Crippen LogP contribution is 2.18. The Labute approximate surface area is 168 Å². The van der Waals surface area contributed by atoms with E-state index >= 15 is 0 Å². The topological polar surface area (TPSA) is 78.0 Å². The molecule has 0 spiro atoms. The van der Waals surface area contributed by atoms with Gasteiger partial charge in [-0.3, -0.25) is 14.7 Å². The Kier molecular flexibility index (Phi) is 11.4. The highest BCUT2D eigenvalue weighted by molar-refractivity contribution is 14.0. The normalized spacial score (nSPS) is 19.7. The number of nitrogens with zero attached hydrogens (tertiary/aromatic N) is 2. The second-order valence-corrected chi connectivity index (χ2v) is 6.66. The molecule has 3 N–H and O–H groups in total. The minimum Gasteiger partial charge on any atom is -0.379 e. The summed E-state index contributed by atoms with van der Waals surface area (Å²) in [6.07, 6.45) is 3.84. The van der Waals surface area contributed by atoms with Crippen molar-refractivity contribution < 1.29 is 9.53 Å². The average molecular weight is 467 g/mol. The molecular weight excluding hydrogens is 433 g/mol. The SMILES string of the molecule is CCC(C)NC(=O)CCNC(=NCCN1CCOCC1)NC1CC1.I. The summed E-state index contributed by atoms with van der Waals surface area (Å²) in [5.41, 5.74) is 0. The van der Waals surface area contributed by atoms with Gasteiger partial charge in [0.2, 0.25) is 5.91 Å². The molecule has 2 rings (SSSR count). The summed E-state index contributed by atoms with van der Waals surface area (Å²) in [5, 5.41) is 9.69. The second-order valence-electron chi connectivity index (χ2n) is 6.66. The maximum absolute atomic E-state index is 11.8. The first-order valence-electron chi connectivity index (χ1n) is 9.31. The fourth-order valence-corrected chi connectivity index (χ4v) is 2.45. The monoisotopic (exact) mass is 467 g/mol. The molecule has 2 fully saturated rings. The van der Waals surface area contributed by atoms with Gasteiger partial charge in [0.1, 0.15) is 0 Å². The van der Waals surface area contributed by atoms with Crippen LogP contribution in [0.15, 0.2) is 4.99 Å². The minimum absolute atomic E-state index is 0. The lowest BCUT2D eigenvalue weighted by atomic mass is 10.2. The Morgan fingerprint density at radius 1 is 1.32 bits per heavy atom. The van der Waals surface area contributed by atoms with Crippen molar-refractivity contribution >= 4 is 35.8 Å². The van der Waals surface area contributed by atoms with E-state index in [9.17, 15) is 4.79 Å². The number of morpholine rings is 1. The predicted molar refractivity (Wildman–Crippen MR) is 112 cm³/mol. The summed E-state index contributed by atoms with van der Waals surface area (Å²) >= 11 is 0. The summed E-state index contributed by atoms with van der Waals surface area (Å²) in [7, 11) is 0. The van der Waals surface area contributed by atoms with E-state index in [1.165, 1.54) is 12.8 Å². The first-order valence-corrected chi connectivity index (χ1v) is 9.31. The fraction of sp³-hybridized carbons (Fsp3) is 0.882. The molecular formula is C17H34IN5O2. The highest BCUT2D eigenvalue weighted by Gasteiger charge is 2.22. The van der Waals surface area contributed by atoms with Crippen LogP contribution in [0.25, 0.3) is 0 Å². The lowest BCUT2D eigenvalue weighted by Gasteiger charge is -2.25. The quantitative estimate of drug-likeness (QED) is 0.267. The molecule has 146 valence electrons. The van der Waals surface area contributed by atoms with Gasteiger partial charge in [-0.05, 0) is 26.2 Å². The summed E-state index contributed by atoms with van der Waals surface area (Å²) in [5.74, 6) is 0.929. The number of rotatable bonds is 9. The van der Waals surface area contributed by atoms with Gasteiger partial charge in [-0.15, -0.1) is 24.0 Å². The van der Waals surface area contributed by atoms with E-state index in [0.717, 1.165) is 51.8 Å². The number of aliphatic imine (C=N–C) groups is 1. The van der Waals surface area contributed by atoms with E-state index in [0.29, 0.717) is 19.0 Å². The first kappa shape index (κ1) is 22.4. The van der Waals surface area contributed by atoms with Gasteiger partial charge in [0, 0.05) is 44.7 Å². The Balaban J connectivity index is 0.00000312. The van der Waals surface area contributed by atoms with Gasteiger partial charge in [0.25, 0.3) is 0 Å². The van der Waals surface area contributed by atoms with E-state index in [1.807, 2.05) is 6.92 Å². The van der Waals surface area contributed by atoms with Crippen LogP contribution in [0.4, 0.5) is 0 Å². The van der Waals surface area contributed by atoms with Crippen LogP contribution in [-0.4, -0.2) is 74.8 Å². The Bertz CT molecular complexity index is 412. The zero-order valence-corrected chi connectivity index (χ0v) is 17.9. The standard InChI is InChI=1S/C17H33N5O2.HI/c1-3-14(2)20-16(23)6-7-18-17(21-15-4-5-15)19-8-9-22-10-12-24-13-11-22;/h14-15H,3-13H2,1-2H3,(H,20,23)(H2,18,19,21);1H. The lowest BCUT2D eigenvalue weighted by molar-refractivity contribution is -0.121. The summed E-state index contributed by atoms with van der Waals surface area (Å²) < 4.78 is 5.36. The van der Waals surface area contributed by atoms with Crippen LogP contribution in [0, 0.1) is 0 Å². The van der Waals surface area contributed by atoms with Crippen LogP contribution in [0.5, 0.6) is 0 Å². The lowest BCUT2D eigenvalue weighted by Crippen LogP contribution is -2.42. The van der Waals surface area contributed by atoms with Gasteiger partial charge in [-0.2, -0.15) is 0 Å². The Morgan fingerprint density at radius 2 is 2.04 bits per heavy atom. The number of carbonyl (C=O) groups excluding carboxylic acids is 1. The third-order valence-corrected chi connectivity index (χ3v) is 4.37. The van der Waals surface area contributed by atoms with E-state index in [2.05, 4.69) is 32.8 Å². The van der Waals surface area contributed by atoms with Crippen LogP contribution < -0.4 is 16.0 Å². The molecule has 1 aliphatic carbocycles. The summed E-state index contributed by atoms with van der Waals surface area (Å²) in [6.45, 7) is 10.0. The Morgan fingerprint density at radius 3 is 2.68 bits per heavy atom. The highest BCUT2D eigenvalue weighted by atomic mass is 127. The molecule has 1 saturated carbocycles. The van der Waals surface area contributed by atoms with Crippen molar-refractivity contribution in [1.29, 1.82) is 0 Å². The Hall–Kier alpha value is -0.610. The van der Waals surface area contributed by atoms with Gasteiger partial charge in [-0.25, -0.2) is 0 Å². The van der Waals surface area contributed by atoms with Crippen LogP contribution in [0.3, 0.4) is 0 Å². The molecule has 1 saturated heterocycles. The largest absolute Gasteiger partial charge is 0.379 e. The van der Waals surface area contributed by atoms with Crippen LogP contribution >= 0.6 is 24.0 Å². The number of amides is 1. The molecule has 1 atom stereocenters. The number of guanidine groups is 1. The third kappa shape index (κ3) is 10.2. The number of nitrogens with one attached hydrogen (secondary N) is 3. The van der Waals surface area contributed by atoms with Crippen molar-refractivity contribution in [3.8, 4) is 0 Å². The number of hydrogen-bond donors (Lipinski definition) is 3. The number of ether oxygens (including phenoxy) is 1. The molecule has 8 heteroatoms. The molecule has 0 aromatic carbocycles. The van der Waals surface area contributed by atoms with Crippen molar-refractivity contribution in [3.63, 3.8) is 0 Å². The van der Waals surface area contributed by atoms with Crippen molar-refractivity contribution in [2.75, 3.05) is 45.9 Å². The molecule has 1 heterocycles. The van der Waals surface area contributed by atoms with E-state index in [-0.39, 0.29) is 35.9 Å². The zero-order chi connectivity index (χ0) is 17.2. The third-order valence-electron chi connectivity index (χ3n) is 4.37. The molecule has 0 aromatic heterocycles. The molecule has 2 aliphatic rings. The molecule has 0 aromatic rings. The molecule has 0 radical (unpaired) electrons. The van der Waals surface area contributed by atoms with Crippen molar-refractivity contribution in [2.45, 2.75) is 51.6 Å². The summed E-state index contributed by atoms with van der Waals surface area (Å²) in [6, 6.07) is 0.789. The molecule has 1 amide bonds. The van der Waals surface area contributed by atoms with Crippen molar-refractivity contribution in [3.05, 3.63) is 0 Å². The van der Waals surface area contributed by atoms with Crippen LogP contribution in [0.1, 0.15) is 39.5 Å². The molecule has 7 nitrogen and oxygen atoms in total. The van der Waals surface area contributed by atoms with E-state index in [4.69, 9.17) is 4.74 Å². The van der Waals surface area contributed by atoms with Gasteiger partial charge in [0.05, 0.1) is 19.8 Å². The van der Waals surface area contributed by atoms with Gasteiger partial charge in [0.15, 0.2) is 5.96 Å². The zero-order valence-electron chi connectivity index (χ0n) is 15.6. The summed E-state index contributed by atoms with van der Waals surface area (Å²) in [4.78, 5) is 18.8. The molecule has 1 aliphatic heterocycles. The minimum atomic E-state index is 0. The van der Waals surface area contributed by atoms with Crippen molar-refractivity contribution in [2.24, 2.45) is 4.99 Å². The van der Waals surface area contributed by atoms with Gasteiger partial charge in [-0.1, -0.05) is 6.92 Å². The second kappa shape index (κ2) is 12.7. The smallest absolute Gasteiger partial charge is 0.221 e. The first-order chi connectivity index (χ1) is 11.7. The number of hydrogen-bond acceptors (Lipinski definition) is 4. The number of carbonyl (C=O) groups is 1. The molecule has 1 unspecified atom stereocenters. The van der Waals surface area contributed by atoms with Gasteiger partial charge < -0.3 is 20.7 Å². The molecule has 25 heavy (non-hydrogen) atoms. The van der Waals surface area contributed by atoms with Gasteiger partial charge >= 0.3 is 0 Å². The number of halogens is 1. The van der Waals surface area contributed by atoms with Crippen molar-refractivity contribution in [1.82, 2.24) is 20.9 Å².